The van der Waals surface area contributed by atoms with Crippen LogP contribution in [0.1, 0.15) is 28.3 Å². The van der Waals surface area contributed by atoms with Crippen LogP contribution < -0.4 is 5.32 Å². The molecular formula is C16H17FIN. The molecule has 0 fully saturated rings. The molecule has 0 heterocycles. The third kappa shape index (κ3) is 2.98. The van der Waals surface area contributed by atoms with Gasteiger partial charge in [-0.1, -0.05) is 24.3 Å². The summed E-state index contributed by atoms with van der Waals surface area (Å²) in [6, 6.07) is 11.4. The molecule has 0 aliphatic carbocycles. The number of rotatable bonds is 3. The van der Waals surface area contributed by atoms with Crippen molar-refractivity contribution in [3.05, 3.63) is 68.0 Å². The van der Waals surface area contributed by atoms with E-state index in [0.717, 1.165) is 11.1 Å². The van der Waals surface area contributed by atoms with Gasteiger partial charge in [0.05, 0.1) is 6.04 Å². The summed E-state index contributed by atoms with van der Waals surface area (Å²) < 4.78 is 14.5. The maximum Gasteiger partial charge on any atom is 0.123 e. The van der Waals surface area contributed by atoms with E-state index in [0.29, 0.717) is 0 Å². The van der Waals surface area contributed by atoms with Crippen molar-refractivity contribution >= 4 is 22.6 Å². The van der Waals surface area contributed by atoms with Crippen LogP contribution in [0.2, 0.25) is 0 Å². The average molecular weight is 369 g/mol. The number of aryl methyl sites for hydroxylation is 2. The first kappa shape index (κ1) is 14.5. The summed E-state index contributed by atoms with van der Waals surface area (Å²) in [5, 5.41) is 3.34. The van der Waals surface area contributed by atoms with Crippen molar-refractivity contribution in [1.29, 1.82) is 0 Å². The zero-order chi connectivity index (χ0) is 14.0. The summed E-state index contributed by atoms with van der Waals surface area (Å²) in [7, 11) is 1.94. The molecule has 1 N–H and O–H groups in total. The second kappa shape index (κ2) is 6.01. The first-order valence-electron chi connectivity index (χ1n) is 6.23. The minimum atomic E-state index is -0.185. The Balaban J connectivity index is 2.53. The normalized spacial score (nSPS) is 12.5. The Labute approximate surface area is 127 Å². The third-order valence-electron chi connectivity index (χ3n) is 3.36. The number of benzene rings is 2. The fourth-order valence-corrected chi connectivity index (χ4v) is 3.01. The highest BCUT2D eigenvalue weighted by molar-refractivity contribution is 14.1. The molecule has 1 unspecified atom stereocenters. The van der Waals surface area contributed by atoms with Crippen LogP contribution in [-0.4, -0.2) is 7.05 Å². The molecule has 0 bridgehead atoms. The van der Waals surface area contributed by atoms with E-state index < -0.39 is 0 Å². The van der Waals surface area contributed by atoms with Crippen molar-refractivity contribution in [2.45, 2.75) is 19.9 Å². The number of hydrogen-bond donors (Lipinski definition) is 1. The van der Waals surface area contributed by atoms with E-state index in [4.69, 9.17) is 0 Å². The minimum Gasteiger partial charge on any atom is -0.309 e. The lowest BCUT2D eigenvalue weighted by atomic mass is 9.94. The van der Waals surface area contributed by atoms with Crippen LogP contribution >= 0.6 is 22.6 Å². The molecule has 0 spiro atoms. The van der Waals surface area contributed by atoms with Crippen LogP contribution in [0.4, 0.5) is 4.39 Å². The molecule has 2 aromatic carbocycles. The zero-order valence-electron chi connectivity index (χ0n) is 11.3. The standard InChI is InChI=1S/C16H17FIN/c1-10-5-4-6-14(15(10)18)16(19-3)13-8-7-12(17)9-11(13)2/h4-9,16,19H,1-3H3. The molecule has 1 atom stereocenters. The van der Waals surface area contributed by atoms with Gasteiger partial charge in [-0.3, -0.25) is 0 Å². The SMILES string of the molecule is CNC(c1ccc(F)cc1C)c1cccc(C)c1I. The first-order valence-corrected chi connectivity index (χ1v) is 7.30. The van der Waals surface area contributed by atoms with Gasteiger partial charge in [-0.15, -0.1) is 0 Å². The van der Waals surface area contributed by atoms with Crippen LogP contribution in [0.5, 0.6) is 0 Å². The average Bonchev–Trinajstić information content (AvgIpc) is 2.37. The van der Waals surface area contributed by atoms with E-state index in [9.17, 15) is 4.39 Å². The third-order valence-corrected chi connectivity index (χ3v) is 4.84. The van der Waals surface area contributed by atoms with Gasteiger partial charge in [-0.25, -0.2) is 4.39 Å². The van der Waals surface area contributed by atoms with Crippen LogP contribution in [0, 0.1) is 23.2 Å². The quantitative estimate of drug-likeness (QED) is 0.793. The van der Waals surface area contributed by atoms with Crippen molar-refractivity contribution in [1.82, 2.24) is 5.32 Å². The fourth-order valence-electron chi connectivity index (χ4n) is 2.33. The molecule has 0 aromatic heterocycles. The molecule has 2 aromatic rings. The molecule has 0 radical (unpaired) electrons. The van der Waals surface area contributed by atoms with Crippen LogP contribution in [-0.2, 0) is 0 Å². The van der Waals surface area contributed by atoms with E-state index in [-0.39, 0.29) is 11.9 Å². The van der Waals surface area contributed by atoms with Crippen LogP contribution in [0.25, 0.3) is 0 Å². The number of hydrogen-bond acceptors (Lipinski definition) is 1. The largest absolute Gasteiger partial charge is 0.309 e. The number of halogens is 2. The molecule has 0 saturated carbocycles. The van der Waals surface area contributed by atoms with E-state index in [1.807, 2.05) is 20.0 Å². The highest BCUT2D eigenvalue weighted by Gasteiger charge is 2.17. The van der Waals surface area contributed by atoms with Crippen molar-refractivity contribution < 1.29 is 4.39 Å². The highest BCUT2D eigenvalue weighted by atomic mass is 127. The van der Waals surface area contributed by atoms with Crippen molar-refractivity contribution in [2.75, 3.05) is 7.05 Å². The minimum absolute atomic E-state index is 0.0902. The van der Waals surface area contributed by atoms with E-state index in [1.54, 1.807) is 6.07 Å². The smallest absolute Gasteiger partial charge is 0.123 e. The van der Waals surface area contributed by atoms with Gasteiger partial charge in [0.25, 0.3) is 0 Å². The Kier molecular flexibility index (Phi) is 4.58. The summed E-state index contributed by atoms with van der Waals surface area (Å²) in [6.45, 7) is 4.06. The predicted octanol–water partition coefficient (Wildman–Crippen LogP) is 4.36. The van der Waals surface area contributed by atoms with E-state index in [1.165, 1.54) is 20.8 Å². The highest BCUT2D eigenvalue weighted by Crippen LogP contribution is 2.29. The summed E-state index contributed by atoms with van der Waals surface area (Å²) in [5.74, 6) is -0.185. The molecule has 1 nitrogen and oxygen atoms in total. The molecule has 100 valence electrons. The molecule has 0 amide bonds. The van der Waals surface area contributed by atoms with E-state index >= 15 is 0 Å². The maximum atomic E-state index is 13.2. The van der Waals surface area contributed by atoms with Crippen molar-refractivity contribution in [3.63, 3.8) is 0 Å². The van der Waals surface area contributed by atoms with Crippen LogP contribution in [0.15, 0.2) is 36.4 Å². The zero-order valence-corrected chi connectivity index (χ0v) is 13.5. The predicted molar refractivity (Wildman–Crippen MR) is 85.9 cm³/mol. The topological polar surface area (TPSA) is 12.0 Å². The molecule has 0 aliphatic heterocycles. The summed E-state index contributed by atoms with van der Waals surface area (Å²) in [6.07, 6.45) is 0. The Morgan fingerprint density at radius 1 is 1.05 bits per heavy atom. The monoisotopic (exact) mass is 369 g/mol. The number of nitrogens with one attached hydrogen (secondary N) is 1. The van der Waals surface area contributed by atoms with Gasteiger partial charge in [0.1, 0.15) is 5.82 Å². The molecule has 19 heavy (non-hydrogen) atoms. The summed E-state index contributed by atoms with van der Waals surface area (Å²) in [5.41, 5.74) is 4.58. The fraction of sp³-hybridized carbons (Fsp3) is 0.250. The van der Waals surface area contributed by atoms with Gasteiger partial charge >= 0.3 is 0 Å². The lowest BCUT2D eigenvalue weighted by Crippen LogP contribution is -2.20. The molecular weight excluding hydrogens is 352 g/mol. The Hall–Kier alpha value is -0.940. The lowest BCUT2D eigenvalue weighted by Gasteiger charge is -2.21. The van der Waals surface area contributed by atoms with Crippen LogP contribution in [0.3, 0.4) is 0 Å². The molecule has 2 rings (SSSR count). The lowest BCUT2D eigenvalue weighted by molar-refractivity contribution is 0.621. The second-order valence-electron chi connectivity index (χ2n) is 4.70. The van der Waals surface area contributed by atoms with Gasteiger partial charge < -0.3 is 5.32 Å². The maximum absolute atomic E-state index is 13.2. The molecule has 0 saturated heterocycles. The molecule has 3 heteroatoms. The van der Waals surface area contributed by atoms with Gasteiger partial charge in [0.15, 0.2) is 0 Å². The Morgan fingerprint density at radius 2 is 1.79 bits per heavy atom. The van der Waals surface area contributed by atoms with Crippen molar-refractivity contribution in [2.24, 2.45) is 0 Å². The van der Waals surface area contributed by atoms with Crippen molar-refractivity contribution in [3.8, 4) is 0 Å². The summed E-state index contributed by atoms with van der Waals surface area (Å²) >= 11 is 2.37. The van der Waals surface area contributed by atoms with Gasteiger partial charge in [-0.2, -0.15) is 0 Å². The Bertz CT molecular complexity index is 595. The second-order valence-corrected chi connectivity index (χ2v) is 5.78. The van der Waals surface area contributed by atoms with Gasteiger partial charge in [-0.05, 0) is 77.9 Å². The summed E-state index contributed by atoms with van der Waals surface area (Å²) in [4.78, 5) is 0. The Morgan fingerprint density at radius 3 is 2.42 bits per heavy atom. The molecule has 0 aliphatic rings. The van der Waals surface area contributed by atoms with E-state index in [2.05, 4.69) is 53.0 Å². The van der Waals surface area contributed by atoms with Gasteiger partial charge in [0, 0.05) is 3.57 Å². The van der Waals surface area contributed by atoms with Gasteiger partial charge in [0.2, 0.25) is 0 Å². The first-order chi connectivity index (χ1) is 9.04.